The Morgan fingerprint density at radius 3 is 2.22 bits per heavy atom. The zero-order valence-electron chi connectivity index (χ0n) is 11.1. The molecule has 0 saturated carbocycles. The third-order valence-corrected chi connectivity index (χ3v) is 3.05. The molecule has 1 heterocycles. The summed E-state index contributed by atoms with van der Waals surface area (Å²) in [6, 6.07) is 13.1. The number of rotatable bonds is 5. The summed E-state index contributed by atoms with van der Waals surface area (Å²) in [7, 11) is 0. The highest BCUT2D eigenvalue weighted by Crippen LogP contribution is 2.21. The van der Waals surface area contributed by atoms with Crippen LogP contribution in [0.4, 0.5) is 0 Å². The minimum absolute atomic E-state index is 0.258. The molecule has 1 aromatic carbocycles. The van der Waals surface area contributed by atoms with Crippen molar-refractivity contribution in [2.45, 2.75) is 26.3 Å². The van der Waals surface area contributed by atoms with Crippen molar-refractivity contribution in [3.05, 3.63) is 65.5 Å². The topological polar surface area (TPSA) is 24.9 Å². The Balaban J connectivity index is 2.27. The first-order valence-electron chi connectivity index (χ1n) is 6.51. The second-order valence-electron chi connectivity index (χ2n) is 4.58. The molecular formula is C16H20N2. The molecule has 0 aliphatic carbocycles. The Morgan fingerprint density at radius 2 is 1.61 bits per heavy atom. The van der Waals surface area contributed by atoms with Crippen LogP contribution in [0.5, 0.6) is 0 Å². The normalized spacial score (nSPS) is 12.3. The summed E-state index contributed by atoms with van der Waals surface area (Å²) in [6.45, 7) is 5.32. The molecule has 0 aliphatic heterocycles. The zero-order valence-corrected chi connectivity index (χ0v) is 11.1. The lowest BCUT2D eigenvalue weighted by Crippen LogP contribution is -2.23. The van der Waals surface area contributed by atoms with Crippen LogP contribution >= 0.6 is 0 Å². The van der Waals surface area contributed by atoms with E-state index in [1.807, 2.05) is 12.4 Å². The van der Waals surface area contributed by atoms with Gasteiger partial charge in [-0.05, 0) is 43.1 Å². The van der Waals surface area contributed by atoms with E-state index in [1.165, 1.54) is 16.7 Å². The molecular weight excluding hydrogens is 220 g/mol. The monoisotopic (exact) mass is 240 g/mol. The number of hydrogen-bond donors (Lipinski definition) is 1. The Kier molecular flexibility index (Phi) is 4.48. The van der Waals surface area contributed by atoms with Gasteiger partial charge in [0, 0.05) is 12.4 Å². The van der Waals surface area contributed by atoms with Crippen LogP contribution in [0, 0.1) is 6.92 Å². The van der Waals surface area contributed by atoms with Crippen molar-refractivity contribution < 1.29 is 0 Å². The molecule has 1 unspecified atom stereocenters. The van der Waals surface area contributed by atoms with Gasteiger partial charge in [0.05, 0.1) is 6.04 Å². The van der Waals surface area contributed by atoms with Gasteiger partial charge in [0.1, 0.15) is 0 Å². The lowest BCUT2D eigenvalue weighted by Gasteiger charge is -2.19. The van der Waals surface area contributed by atoms with Gasteiger partial charge in [-0.15, -0.1) is 0 Å². The molecule has 1 N–H and O–H groups in total. The van der Waals surface area contributed by atoms with E-state index in [1.54, 1.807) is 0 Å². The Hall–Kier alpha value is -1.67. The van der Waals surface area contributed by atoms with Crippen LogP contribution in [-0.4, -0.2) is 11.5 Å². The first-order chi connectivity index (χ1) is 8.81. The molecule has 94 valence electrons. The number of pyridine rings is 1. The van der Waals surface area contributed by atoms with Gasteiger partial charge in [-0.2, -0.15) is 0 Å². The average molecular weight is 240 g/mol. The van der Waals surface area contributed by atoms with E-state index < -0.39 is 0 Å². The van der Waals surface area contributed by atoms with Gasteiger partial charge in [-0.1, -0.05) is 36.8 Å². The number of nitrogens with zero attached hydrogens (tertiary/aromatic N) is 1. The van der Waals surface area contributed by atoms with Crippen molar-refractivity contribution in [2.24, 2.45) is 0 Å². The maximum atomic E-state index is 4.09. The zero-order chi connectivity index (χ0) is 12.8. The number of nitrogens with one attached hydrogen (secondary N) is 1. The van der Waals surface area contributed by atoms with E-state index >= 15 is 0 Å². The minimum Gasteiger partial charge on any atom is -0.306 e. The molecule has 0 amide bonds. The molecule has 0 radical (unpaired) electrons. The number of hydrogen-bond acceptors (Lipinski definition) is 2. The molecule has 0 fully saturated rings. The van der Waals surface area contributed by atoms with Crippen molar-refractivity contribution in [3.63, 3.8) is 0 Å². The Bertz CT molecular complexity index is 462. The van der Waals surface area contributed by atoms with Crippen LogP contribution in [0.1, 0.15) is 36.1 Å². The SMILES string of the molecule is CCCNC(c1ccncc1)c1ccc(C)cc1. The fraction of sp³-hybridized carbons (Fsp3) is 0.312. The van der Waals surface area contributed by atoms with Gasteiger partial charge < -0.3 is 5.32 Å². The molecule has 2 nitrogen and oxygen atoms in total. The highest BCUT2D eigenvalue weighted by molar-refractivity contribution is 5.32. The van der Waals surface area contributed by atoms with Crippen molar-refractivity contribution >= 4 is 0 Å². The molecule has 1 atom stereocenters. The highest BCUT2D eigenvalue weighted by atomic mass is 14.9. The summed E-state index contributed by atoms with van der Waals surface area (Å²) in [5, 5.41) is 3.59. The van der Waals surface area contributed by atoms with Crippen LogP contribution in [0.25, 0.3) is 0 Å². The van der Waals surface area contributed by atoms with E-state index in [4.69, 9.17) is 0 Å². The summed E-state index contributed by atoms with van der Waals surface area (Å²) in [5.74, 6) is 0. The van der Waals surface area contributed by atoms with Crippen LogP contribution in [0.2, 0.25) is 0 Å². The molecule has 0 saturated heterocycles. The lowest BCUT2D eigenvalue weighted by atomic mass is 9.98. The summed E-state index contributed by atoms with van der Waals surface area (Å²) in [4.78, 5) is 4.09. The summed E-state index contributed by atoms with van der Waals surface area (Å²) < 4.78 is 0. The first kappa shape index (κ1) is 12.8. The number of aryl methyl sites for hydroxylation is 1. The molecule has 18 heavy (non-hydrogen) atoms. The first-order valence-corrected chi connectivity index (χ1v) is 6.51. The van der Waals surface area contributed by atoms with Crippen LogP contribution in [0.15, 0.2) is 48.8 Å². The van der Waals surface area contributed by atoms with Crippen molar-refractivity contribution in [3.8, 4) is 0 Å². The van der Waals surface area contributed by atoms with E-state index in [0.29, 0.717) is 0 Å². The third-order valence-electron chi connectivity index (χ3n) is 3.05. The number of benzene rings is 1. The Morgan fingerprint density at radius 1 is 1.00 bits per heavy atom. The quantitative estimate of drug-likeness (QED) is 0.865. The minimum atomic E-state index is 0.258. The van der Waals surface area contributed by atoms with Crippen molar-refractivity contribution in [2.75, 3.05) is 6.54 Å². The van der Waals surface area contributed by atoms with Crippen LogP contribution < -0.4 is 5.32 Å². The summed E-state index contributed by atoms with van der Waals surface area (Å²) >= 11 is 0. The van der Waals surface area contributed by atoms with Gasteiger partial charge in [0.25, 0.3) is 0 Å². The molecule has 0 spiro atoms. The summed E-state index contributed by atoms with van der Waals surface area (Å²) in [5.41, 5.74) is 3.87. The van der Waals surface area contributed by atoms with Gasteiger partial charge >= 0.3 is 0 Å². The van der Waals surface area contributed by atoms with E-state index in [9.17, 15) is 0 Å². The van der Waals surface area contributed by atoms with E-state index in [-0.39, 0.29) is 6.04 Å². The molecule has 0 aliphatic rings. The molecule has 2 rings (SSSR count). The van der Waals surface area contributed by atoms with Gasteiger partial charge in [-0.3, -0.25) is 4.98 Å². The number of aromatic nitrogens is 1. The molecule has 2 heteroatoms. The van der Waals surface area contributed by atoms with Crippen molar-refractivity contribution in [1.29, 1.82) is 0 Å². The fourth-order valence-corrected chi connectivity index (χ4v) is 2.03. The molecule has 2 aromatic rings. The van der Waals surface area contributed by atoms with Gasteiger partial charge in [0.15, 0.2) is 0 Å². The lowest BCUT2D eigenvalue weighted by molar-refractivity contribution is 0.598. The summed E-state index contributed by atoms with van der Waals surface area (Å²) in [6.07, 6.45) is 4.84. The van der Waals surface area contributed by atoms with Crippen LogP contribution in [-0.2, 0) is 0 Å². The van der Waals surface area contributed by atoms with Gasteiger partial charge in [0.2, 0.25) is 0 Å². The maximum absolute atomic E-state index is 4.09. The maximum Gasteiger partial charge on any atom is 0.0577 e. The second kappa shape index (κ2) is 6.31. The predicted octanol–water partition coefficient (Wildman–Crippen LogP) is 3.48. The highest BCUT2D eigenvalue weighted by Gasteiger charge is 2.12. The van der Waals surface area contributed by atoms with Crippen LogP contribution in [0.3, 0.4) is 0 Å². The average Bonchev–Trinajstić information content (AvgIpc) is 2.42. The largest absolute Gasteiger partial charge is 0.306 e. The predicted molar refractivity (Wildman–Crippen MR) is 75.6 cm³/mol. The third kappa shape index (κ3) is 3.17. The smallest absolute Gasteiger partial charge is 0.0577 e. The van der Waals surface area contributed by atoms with Gasteiger partial charge in [-0.25, -0.2) is 0 Å². The second-order valence-corrected chi connectivity index (χ2v) is 4.58. The Labute approximate surface area is 109 Å². The standard InChI is InChI=1S/C16H20N2/c1-3-10-18-16(15-8-11-17-12-9-15)14-6-4-13(2)5-7-14/h4-9,11-12,16,18H,3,10H2,1-2H3. The molecule has 0 bridgehead atoms. The van der Waals surface area contributed by atoms with E-state index in [0.717, 1.165) is 13.0 Å². The fourth-order valence-electron chi connectivity index (χ4n) is 2.03. The molecule has 1 aromatic heterocycles. The van der Waals surface area contributed by atoms with E-state index in [2.05, 4.69) is 60.5 Å². The van der Waals surface area contributed by atoms with Crippen molar-refractivity contribution in [1.82, 2.24) is 10.3 Å².